The highest BCUT2D eigenvalue weighted by Gasteiger charge is 2.04. The van der Waals surface area contributed by atoms with Crippen LogP contribution in [0.15, 0.2) is 18.2 Å². The van der Waals surface area contributed by atoms with Crippen LogP contribution in [0.2, 0.25) is 5.02 Å². The fraction of sp³-hybridized carbons (Fsp3) is 0.400. The molecule has 72 valence electrons. The largest absolute Gasteiger partial charge is 0.396 e. The zero-order chi connectivity index (χ0) is 9.84. The molecule has 1 atom stereocenters. The van der Waals surface area contributed by atoms with Crippen LogP contribution in [0.25, 0.3) is 0 Å². The summed E-state index contributed by atoms with van der Waals surface area (Å²) in [6.45, 7) is 4.23. The Morgan fingerprint density at radius 1 is 1.54 bits per heavy atom. The van der Waals surface area contributed by atoms with E-state index in [1.165, 1.54) is 0 Å². The first-order valence-corrected chi connectivity index (χ1v) is 4.83. The zero-order valence-electron chi connectivity index (χ0n) is 7.97. The molecule has 0 spiro atoms. The third-order valence-electron chi connectivity index (χ3n) is 2.07. The summed E-state index contributed by atoms with van der Waals surface area (Å²) in [5, 5.41) is 3.90. The molecule has 1 aromatic rings. The molecule has 0 saturated carbocycles. The van der Waals surface area contributed by atoms with Crippen LogP contribution >= 0.6 is 11.6 Å². The topological polar surface area (TPSA) is 38.0 Å². The van der Waals surface area contributed by atoms with Gasteiger partial charge in [-0.05, 0) is 25.5 Å². The maximum atomic E-state index is 5.88. The number of nitrogens with two attached hydrogens (primary N) is 1. The fourth-order valence-electron chi connectivity index (χ4n) is 1.03. The Bertz CT molecular complexity index is 286. The molecule has 0 aliphatic carbocycles. The van der Waals surface area contributed by atoms with Crippen molar-refractivity contribution in [1.82, 2.24) is 0 Å². The van der Waals surface area contributed by atoms with E-state index in [4.69, 9.17) is 17.3 Å². The molecule has 0 heterocycles. The molecule has 1 rings (SSSR count). The standard InChI is InChI=1S/C10H15ClN2/c1-3-7(2)13-9-6-4-5-8(11)10(9)12/h4-7,13H,3,12H2,1-2H3. The smallest absolute Gasteiger partial charge is 0.0739 e. The van der Waals surface area contributed by atoms with Crippen molar-refractivity contribution in [2.24, 2.45) is 0 Å². The van der Waals surface area contributed by atoms with Crippen LogP contribution in [0.5, 0.6) is 0 Å². The number of nitrogens with one attached hydrogen (secondary N) is 1. The zero-order valence-corrected chi connectivity index (χ0v) is 8.73. The van der Waals surface area contributed by atoms with Gasteiger partial charge >= 0.3 is 0 Å². The van der Waals surface area contributed by atoms with Gasteiger partial charge in [0.1, 0.15) is 0 Å². The third-order valence-corrected chi connectivity index (χ3v) is 2.40. The summed E-state index contributed by atoms with van der Waals surface area (Å²) in [5.41, 5.74) is 7.34. The molecule has 2 nitrogen and oxygen atoms in total. The summed E-state index contributed by atoms with van der Waals surface area (Å²) >= 11 is 5.88. The molecular weight excluding hydrogens is 184 g/mol. The van der Waals surface area contributed by atoms with Gasteiger partial charge in [-0.1, -0.05) is 24.6 Å². The summed E-state index contributed by atoms with van der Waals surface area (Å²) in [4.78, 5) is 0. The Morgan fingerprint density at radius 2 is 2.23 bits per heavy atom. The van der Waals surface area contributed by atoms with Gasteiger partial charge in [-0.2, -0.15) is 0 Å². The average molecular weight is 199 g/mol. The van der Waals surface area contributed by atoms with E-state index in [0.29, 0.717) is 16.8 Å². The molecule has 0 aliphatic rings. The first kappa shape index (κ1) is 10.2. The molecule has 1 unspecified atom stereocenters. The lowest BCUT2D eigenvalue weighted by Gasteiger charge is -2.15. The lowest BCUT2D eigenvalue weighted by molar-refractivity contribution is 0.764. The lowest BCUT2D eigenvalue weighted by Crippen LogP contribution is -2.14. The monoisotopic (exact) mass is 198 g/mol. The van der Waals surface area contributed by atoms with Crippen molar-refractivity contribution in [1.29, 1.82) is 0 Å². The van der Waals surface area contributed by atoms with E-state index < -0.39 is 0 Å². The van der Waals surface area contributed by atoms with Crippen LogP contribution in [0.4, 0.5) is 11.4 Å². The highest BCUT2D eigenvalue weighted by molar-refractivity contribution is 6.33. The number of benzene rings is 1. The van der Waals surface area contributed by atoms with E-state index in [-0.39, 0.29) is 0 Å². The van der Waals surface area contributed by atoms with E-state index in [1.54, 1.807) is 6.07 Å². The Kier molecular flexibility index (Phi) is 3.43. The number of hydrogen-bond donors (Lipinski definition) is 2. The normalized spacial score (nSPS) is 12.5. The number of para-hydroxylation sites is 1. The Labute approximate surface area is 84.1 Å². The minimum Gasteiger partial charge on any atom is -0.396 e. The van der Waals surface area contributed by atoms with Crippen LogP contribution < -0.4 is 11.1 Å². The van der Waals surface area contributed by atoms with Gasteiger partial charge in [0, 0.05) is 6.04 Å². The second kappa shape index (κ2) is 4.38. The van der Waals surface area contributed by atoms with Gasteiger partial charge in [0.05, 0.1) is 16.4 Å². The van der Waals surface area contributed by atoms with Crippen LogP contribution in [-0.2, 0) is 0 Å². The van der Waals surface area contributed by atoms with Gasteiger partial charge in [0.25, 0.3) is 0 Å². The van der Waals surface area contributed by atoms with Crippen molar-refractivity contribution in [3.8, 4) is 0 Å². The molecule has 0 fully saturated rings. The van der Waals surface area contributed by atoms with Crippen molar-refractivity contribution in [2.75, 3.05) is 11.1 Å². The molecule has 3 heteroatoms. The number of halogens is 1. The number of anilines is 2. The Hall–Kier alpha value is -0.890. The highest BCUT2D eigenvalue weighted by atomic mass is 35.5. The number of rotatable bonds is 3. The highest BCUT2D eigenvalue weighted by Crippen LogP contribution is 2.27. The first-order chi connectivity index (χ1) is 6.15. The predicted octanol–water partition coefficient (Wildman–Crippen LogP) is 3.13. The van der Waals surface area contributed by atoms with Crippen molar-refractivity contribution in [2.45, 2.75) is 26.3 Å². The molecule has 13 heavy (non-hydrogen) atoms. The van der Waals surface area contributed by atoms with E-state index in [0.717, 1.165) is 12.1 Å². The van der Waals surface area contributed by atoms with Gasteiger partial charge in [0.2, 0.25) is 0 Å². The third kappa shape index (κ3) is 2.52. The maximum absolute atomic E-state index is 5.88. The summed E-state index contributed by atoms with van der Waals surface area (Å²) in [6, 6.07) is 6.04. The van der Waals surface area contributed by atoms with Crippen LogP contribution in [-0.4, -0.2) is 6.04 Å². The van der Waals surface area contributed by atoms with Gasteiger partial charge in [-0.25, -0.2) is 0 Å². The van der Waals surface area contributed by atoms with Gasteiger partial charge in [-0.3, -0.25) is 0 Å². The fourth-order valence-corrected chi connectivity index (χ4v) is 1.20. The number of nitrogen functional groups attached to an aromatic ring is 1. The average Bonchev–Trinajstić information content (AvgIpc) is 2.13. The van der Waals surface area contributed by atoms with Crippen LogP contribution in [0.1, 0.15) is 20.3 Å². The van der Waals surface area contributed by atoms with Crippen LogP contribution in [0, 0.1) is 0 Å². The van der Waals surface area contributed by atoms with E-state index in [1.807, 2.05) is 12.1 Å². The molecule has 0 aromatic heterocycles. The van der Waals surface area contributed by atoms with E-state index in [9.17, 15) is 0 Å². The molecule has 0 bridgehead atoms. The summed E-state index contributed by atoms with van der Waals surface area (Å²) in [7, 11) is 0. The van der Waals surface area contributed by atoms with Crippen molar-refractivity contribution >= 4 is 23.0 Å². The van der Waals surface area contributed by atoms with Crippen molar-refractivity contribution in [3.05, 3.63) is 23.2 Å². The minimum absolute atomic E-state index is 0.417. The molecular formula is C10H15ClN2. The first-order valence-electron chi connectivity index (χ1n) is 4.45. The molecule has 0 amide bonds. The second-order valence-electron chi connectivity index (χ2n) is 3.15. The van der Waals surface area contributed by atoms with Gasteiger partial charge < -0.3 is 11.1 Å². The van der Waals surface area contributed by atoms with E-state index >= 15 is 0 Å². The molecule has 1 aromatic carbocycles. The van der Waals surface area contributed by atoms with Crippen molar-refractivity contribution in [3.63, 3.8) is 0 Å². The second-order valence-corrected chi connectivity index (χ2v) is 3.56. The maximum Gasteiger partial charge on any atom is 0.0739 e. The Balaban J connectivity index is 2.83. The lowest BCUT2D eigenvalue weighted by atomic mass is 10.2. The summed E-state index contributed by atoms with van der Waals surface area (Å²) in [5.74, 6) is 0. The predicted molar refractivity (Wildman–Crippen MR) is 59.2 cm³/mol. The quantitative estimate of drug-likeness (QED) is 0.733. The molecule has 0 saturated heterocycles. The molecule has 0 aliphatic heterocycles. The minimum atomic E-state index is 0.417. The van der Waals surface area contributed by atoms with Crippen molar-refractivity contribution < 1.29 is 0 Å². The van der Waals surface area contributed by atoms with Crippen LogP contribution in [0.3, 0.4) is 0 Å². The summed E-state index contributed by atoms with van der Waals surface area (Å²) < 4.78 is 0. The number of hydrogen-bond acceptors (Lipinski definition) is 2. The Morgan fingerprint density at radius 3 is 2.85 bits per heavy atom. The van der Waals surface area contributed by atoms with E-state index in [2.05, 4.69) is 19.2 Å². The van der Waals surface area contributed by atoms with Gasteiger partial charge in [0.15, 0.2) is 0 Å². The molecule has 3 N–H and O–H groups in total. The molecule has 0 radical (unpaired) electrons. The summed E-state index contributed by atoms with van der Waals surface area (Å²) in [6.07, 6.45) is 1.06. The SMILES string of the molecule is CCC(C)Nc1cccc(Cl)c1N. The van der Waals surface area contributed by atoms with Gasteiger partial charge in [-0.15, -0.1) is 0 Å².